The maximum atomic E-state index is 12.6. The summed E-state index contributed by atoms with van der Waals surface area (Å²) in [4.78, 5) is 47.8. The molecular formula is C17H19F3N2O6. The van der Waals surface area contributed by atoms with Gasteiger partial charge in [-0.1, -0.05) is 6.92 Å². The Kier molecular flexibility index (Phi) is 7.53. The second kappa shape index (κ2) is 9.20. The average Bonchev–Trinajstić information content (AvgIpc) is 2.64. The van der Waals surface area contributed by atoms with E-state index in [0.717, 1.165) is 26.4 Å². The number of nitrogens with one attached hydrogen (secondary N) is 1. The molecule has 8 nitrogen and oxygen atoms in total. The molecule has 1 rings (SSSR count). The monoisotopic (exact) mass is 404 g/mol. The van der Waals surface area contributed by atoms with Gasteiger partial charge in [0.15, 0.2) is 5.92 Å². The number of ether oxygens (including phenoxy) is 2. The van der Waals surface area contributed by atoms with Gasteiger partial charge in [-0.15, -0.1) is 0 Å². The van der Waals surface area contributed by atoms with E-state index in [-0.39, 0.29) is 5.56 Å². The van der Waals surface area contributed by atoms with Crippen molar-refractivity contribution in [2.75, 3.05) is 14.2 Å². The maximum absolute atomic E-state index is 12.6. The molecule has 0 saturated carbocycles. The Morgan fingerprint density at radius 1 is 1.00 bits per heavy atom. The van der Waals surface area contributed by atoms with Crippen LogP contribution in [0.4, 0.5) is 13.2 Å². The van der Waals surface area contributed by atoms with Crippen LogP contribution in [0.15, 0.2) is 24.3 Å². The third-order valence-electron chi connectivity index (χ3n) is 4.03. The summed E-state index contributed by atoms with van der Waals surface area (Å²) in [6, 6.07) is 1.72. The van der Waals surface area contributed by atoms with Gasteiger partial charge in [-0.3, -0.25) is 19.2 Å². The number of hydrogen-bond acceptors (Lipinski definition) is 6. The summed E-state index contributed by atoms with van der Waals surface area (Å²) in [7, 11) is 2.04. The van der Waals surface area contributed by atoms with Crippen LogP contribution in [0.3, 0.4) is 0 Å². The molecule has 1 aromatic rings. The van der Waals surface area contributed by atoms with E-state index in [9.17, 15) is 32.3 Å². The molecule has 0 unspecified atom stereocenters. The quantitative estimate of drug-likeness (QED) is 0.514. The van der Waals surface area contributed by atoms with Crippen LogP contribution in [0, 0.1) is 11.8 Å². The number of esters is 2. The van der Waals surface area contributed by atoms with E-state index in [1.165, 1.54) is 6.92 Å². The van der Waals surface area contributed by atoms with Crippen molar-refractivity contribution in [3.8, 4) is 0 Å². The number of nitrogens with two attached hydrogens (primary N) is 1. The highest BCUT2D eigenvalue weighted by atomic mass is 19.4. The molecule has 2 amide bonds. The van der Waals surface area contributed by atoms with Crippen molar-refractivity contribution in [2.24, 2.45) is 17.6 Å². The third-order valence-corrected chi connectivity index (χ3v) is 4.03. The van der Waals surface area contributed by atoms with Gasteiger partial charge in [-0.25, -0.2) is 0 Å². The largest absolute Gasteiger partial charge is 0.468 e. The molecule has 0 aliphatic heterocycles. The standard InChI is InChI=1S/C17H19F3N2O6/c1-8(11(15(25)27-2)16(26)28-3)12(13(21)23)22-14(24)9-4-6-10(7-5-9)17(18,19)20/h4-8,11-12H,1-3H3,(H2,21,23)(H,22,24)/t8-,12+/m1/s1. The number of carbonyl (C=O) groups is 4. The summed E-state index contributed by atoms with van der Waals surface area (Å²) in [5.41, 5.74) is 4.12. The van der Waals surface area contributed by atoms with Crippen LogP contribution >= 0.6 is 0 Å². The van der Waals surface area contributed by atoms with Crippen LogP contribution in [0.25, 0.3) is 0 Å². The molecule has 2 atom stereocenters. The predicted octanol–water partition coefficient (Wildman–Crippen LogP) is 0.887. The molecule has 0 heterocycles. The zero-order valence-corrected chi connectivity index (χ0v) is 15.2. The minimum absolute atomic E-state index is 0.181. The molecule has 0 radical (unpaired) electrons. The lowest BCUT2D eigenvalue weighted by atomic mass is 9.86. The molecule has 11 heteroatoms. The first-order valence-electron chi connectivity index (χ1n) is 7.87. The first-order chi connectivity index (χ1) is 12.9. The van der Waals surface area contributed by atoms with Crippen LogP contribution in [-0.4, -0.2) is 44.0 Å². The molecule has 0 bridgehead atoms. The lowest BCUT2D eigenvalue weighted by molar-refractivity contribution is -0.162. The highest BCUT2D eigenvalue weighted by Gasteiger charge is 2.41. The number of benzene rings is 1. The minimum atomic E-state index is -4.58. The van der Waals surface area contributed by atoms with E-state index in [1.807, 2.05) is 0 Å². The minimum Gasteiger partial charge on any atom is -0.468 e. The fraction of sp³-hybridized carbons (Fsp3) is 0.412. The molecule has 0 spiro atoms. The highest BCUT2D eigenvalue weighted by Crippen LogP contribution is 2.29. The fourth-order valence-electron chi connectivity index (χ4n) is 2.47. The Bertz CT molecular complexity index is 732. The van der Waals surface area contributed by atoms with Crippen molar-refractivity contribution >= 4 is 23.8 Å². The Morgan fingerprint density at radius 2 is 1.46 bits per heavy atom. The fourth-order valence-corrected chi connectivity index (χ4v) is 2.47. The molecule has 154 valence electrons. The van der Waals surface area contributed by atoms with Gasteiger partial charge in [-0.2, -0.15) is 13.2 Å². The number of halogens is 3. The first kappa shape index (κ1) is 22.9. The van der Waals surface area contributed by atoms with Gasteiger partial charge in [0.05, 0.1) is 19.8 Å². The third kappa shape index (κ3) is 5.44. The van der Waals surface area contributed by atoms with Gasteiger partial charge in [0.1, 0.15) is 6.04 Å². The Hall–Kier alpha value is -3.11. The van der Waals surface area contributed by atoms with Crippen molar-refractivity contribution < 1.29 is 41.8 Å². The Labute approximate surface area is 158 Å². The van der Waals surface area contributed by atoms with Gasteiger partial charge >= 0.3 is 18.1 Å². The number of methoxy groups -OCH3 is 2. The second-order valence-corrected chi connectivity index (χ2v) is 5.81. The number of hydrogen-bond donors (Lipinski definition) is 2. The van der Waals surface area contributed by atoms with Gasteiger partial charge in [0, 0.05) is 11.5 Å². The summed E-state index contributed by atoms with van der Waals surface area (Å²) in [6.45, 7) is 1.29. The molecule has 0 fully saturated rings. The van der Waals surface area contributed by atoms with Crippen molar-refractivity contribution in [3.63, 3.8) is 0 Å². The molecule has 1 aromatic carbocycles. The van der Waals surface area contributed by atoms with E-state index in [1.54, 1.807) is 0 Å². The second-order valence-electron chi connectivity index (χ2n) is 5.81. The summed E-state index contributed by atoms with van der Waals surface area (Å²) < 4.78 is 46.8. The number of rotatable bonds is 7. The van der Waals surface area contributed by atoms with Gasteiger partial charge in [0.25, 0.3) is 5.91 Å². The zero-order chi connectivity index (χ0) is 21.6. The Morgan fingerprint density at radius 3 is 1.82 bits per heavy atom. The van der Waals surface area contributed by atoms with Gasteiger partial charge in [-0.05, 0) is 24.3 Å². The van der Waals surface area contributed by atoms with E-state index in [2.05, 4.69) is 14.8 Å². The lowest BCUT2D eigenvalue weighted by Gasteiger charge is -2.26. The number of alkyl halides is 3. The van der Waals surface area contributed by atoms with Crippen molar-refractivity contribution in [1.29, 1.82) is 0 Å². The van der Waals surface area contributed by atoms with Crippen molar-refractivity contribution in [3.05, 3.63) is 35.4 Å². The van der Waals surface area contributed by atoms with E-state index in [4.69, 9.17) is 5.73 Å². The highest BCUT2D eigenvalue weighted by molar-refractivity contribution is 5.99. The van der Waals surface area contributed by atoms with Gasteiger partial charge < -0.3 is 20.5 Å². The average molecular weight is 404 g/mol. The lowest BCUT2D eigenvalue weighted by Crippen LogP contribution is -2.52. The Balaban J connectivity index is 3.08. The molecule has 0 aliphatic rings. The molecule has 0 saturated heterocycles. The number of carbonyl (C=O) groups excluding carboxylic acids is 4. The van der Waals surface area contributed by atoms with Crippen molar-refractivity contribution in [1.82, 2.24) is 5.32 Å². The maximum Gasteiger partial charge on any atom is 0.416 e. The van der Waals surface area contributed by atoms with E-state index >= 15 is 0 Å². The van der Waals surface area contributed by atoms with Crippen LogP contribution in [0.5, 0.6) is 0 Å². The van der Waals surface area contributed by atoms with Crippen LogP contribution in [-0.2, 0) is 30.0 Å². The number of amides is 2. The summed E-state index contributed by atoms with van der Waals surface area (Å²) in [5.74, 6) is -6.71. The molecule has 0 aromatic heterocycles. The smallest absolute Gasteiger partial charge is 0.416 e. The zero-order valence-electron chi connectivity index (χ0n) is 15.2. The van der Waals surface area contributed by atoms with E-state index < -0.39 is 53.4 Å². The summed E-state index contributed by atoms with van der Waals surface area (Å²) in [5, 5.41) is 2.22. The SMILES string of the molecule is COC(=O)C(C(=O)OC)[C@@H](C)[C@H](NC(=O)c1ccc(C(F)(F)F)cc1)C(N)=O. The van der Waals surface area contributed by atoms with Gasteiger partial charge in [0.2, 0.25) is 5.91 Å². The molecule has 0 aliphatic carbocycles. The number of primary amides is 1. The van der Waals surface area contributed by atoms with Crippen molar-refractivity contribution in [2.45, 2.75) is 19.1 Å². The summed E-state index contributed by atoms with van der Waals surface area (Å²) in [6.07, 6.45) is -4.58. The van der Waals surface area contributed by atoms with Crippen LogP contribution in [0.1, 0.15) is 22.8 Å². The molecule has 3 N–H and O–H groups in total. The molecule has 28 heavy (non-hydrogen) atoms. The topological polar surface area (TPSA) is 125 Å². The normalized spacial score (nSPS) is 13.4. The van der Waals surface area contributed by atoms with Crippen LogP contribution in [0.2, 0.25) is 0 Å². The first-order valence-corrected chi connectivity index (χ1v) is 7.87. The predicted molar refractivity (Wildman–Crippen MR) is 88.6 cm³/mol. The van der Waals surface area contributed by atoms with Crippen LogP contribution < -0.4 is 11.1 Å². The van der Waals surface area contributed by atoms with E-state index in [0.29, 0.717) is 12.1 Å². The molecular weight excluding hydrogens is 385 g/mol. The summed E-state index contributed by atoms with van der Waals surface area (Å²) >= 11 is 0.